The highest BCUT2D eigenvalue weighted by Crippen LogP contribution is 2.38. The zero-order valence-corrected chi connectivity index (χ0v) is 17.4. The van der Waals surface area contributed by atoms with Crippen molar-refractivity contribution in [3.05, 3.63) is 34.9 Å². The fraction of sp³-hybridized carbons (Fsp3) is 0.609. The maximum Gasteiger partial charge on any atom is 0.255 e. The maximum absolute atomic E-state index is 12.9. The number of hydrogen-bond acceptors (Lipinski definition) is 5. The minimum Gasteiger partial charge on any atom is -0.322 e. The molecule has 1 spiro atoms. The molecule has 1 atom stereocenters. The van der Waals surface area contributed by atoms with Gasteiger partial charge in [-0.3, -0.25) is 24.6 Å². The van der Waals surface area contributed by atoms with E-state index in [4.69, 9.17) is 0 Å². The average molecular weight is 411 g/mol. The molecular weight excluding hydrogens is 380 g/mol. The number of nitrogens with zero attached hydrogens (tertiary/aromatic N) is 2. The summed E-state index contributed by atoms with van der Waals surface area (Å²) < 4.78 is 0. The first-order chi connectivity index (χ1) is 14.5. The summed E-state index contributed by atoms with van der Waals surface area (Å²) in [5.74, 6) is -0.707. The molecule has 3 fully saturated rings. The molecule has 4 aliphatic heterocycles. The number of amides is 3. The van der Waals surface area contributed by atoms with Crippen molar-refractivity contribution in [2.24, 2.45) is 5.41 Å². The molecule has 1 aromatic rings. The molecule has 0 bridgehead atoms. The van der Waals surface area contributed by atoms with Crippen LogP contribution in [0.25, 0.3) is 0 Å². The van der Waals surface area contributed by atoms with E-state index >= 15 is 0 Å². The molecular formula is C23H30N4O3. The summed E-state index contributed by atoms with van der Waals surface area (Å²) in [4.78, 5) is 40.7. The summed E-state index contributed by atoms with van der Waals surface area (Å²) in [5.41, 5.74) is 3.39. The van der Waals surface area contributed by atoms with E-state index in [9.17, 15) is 14.4 Å². The van der Waals surface area contributed by atoms with Crippen LogP contribution >= 0.6 is 0 Å². The Morgan fingerprint density at radius 3 is 2.73 bits per heavy atom. The van der Waals surface area contributed by atoms with E-state index in [1.165, 1.54) is 31.2 Å². The molecule has 0 saturated carbocycles. The number of carbonyl (C=O) groups is 3. The van der Waals surface area contributed by atoms with Crippen LogP contribution in [-0.4, -0.2) is 59.7 Å². The number of carbonyl (C=O) groups excluding carboxylic acids is 3. The zero-order valence-electron chi connectivity index (χ0n) is 17.4. The topological polar surface area (TPSA) is 81.8 Å². The smallest absolute Gasteiger partial charge is 0.255 e. The minimum absolute atomic E-state index is 0.0994. The molecule has 0 aromatic heterocycles. The fourth-order valence-electron chi connectivity index (χ4n) is 5.79. The standard InChI is InChI=1S/C23H30N4O3/c28-20-5-4-19(21(29)25-20)27-14-17-12-16(2-3-18(17)22(27)30)13-26-11-1-6-23(15-26)7-9-24-10-8-23/h2-3,12,19,24H,1,4-11,13-15H2,(H,25,28,29). The Balaban J connectivity index is 1.27. The third-order valence-electron chi connectivity index (χ3n) is 7.40. The number of hydrogen-bond donors (Lipinski definition) is 2. The SMILES string of the molecule is O=C1CCC(N2Cc3cc(CN4CCCC5(CCNCC5)C4)ccc3C2=O)C(=O)N1. The summed E-state index contributed by atoms with van der Waals surface area (Å²) in [6.07, 6.45) is 5.82. The molecule has 0 radical (unpaired) electrons. The maximum atomic E-state index is 12.9. The second-order valence-electron chi connectivity index (χ2n) is 9.46. The molecule has 1 unspecified atom stereocenters. The van der Waals surface area contributed by atoms with Crippen LogP contribution in [0, 0.1) is 5.41 Å². The van der Waals surface area contributed by atoms with Crippen molar-refractivity contribution < 1.29 is 14.4 Å². The molecule has 0 aliphatic carbocycles. The molecule has 2 N–H and O–H groups in total. The first-order valence-corrected chi connectivity index (χ1v) is 11.2. The summed E-state index contributed by atoms with van der Waals surface area (Å²) >= 11 is 0. The monoisotopic (exact) mass is 410 g/mol. The van der Waals surface area contributed by atoms with Gasteiger partial charge >= 0.3 is 0 Å². The number of nitrogens with one attached hydrogen (secondary N) is 2. The molecule has 160 valence electrons. The number of likely N-dealkylation sites (tertiary alicyclic amines) is 1. The van der Waals surface area contributed by atoms with Gasteiger partial charge in [0.15, 0.2) is 0 Å². The molecule has 4 heterocycles. The molecule has 7 nitrogen and oxygen atoms in total. The van der Waals surface area contributed by atoms with Crippen LogP contribution in [0.1, 0.15) is 60.0 Å². The highest BCUT2D eigenvalue weighted by molar-refractivity contribution is 6.05. The molecule has 30 heavy (non-hydrogen) atoms. The van der Waals surface area contributed by atoms with Gasteiger partial charge in [-0.25, -0.2) is 0 Å². The van der Waals surface area contributed by atoms with Crippen LogP contribution in [0.4, 0.5) is 0 Å². The van der Waals surface area contributed by atoms with Crippen molar-refractivity contribution in [2.45, 2.75) is 57.7 Å². The Morgan fingerprint density at radius 2 is 1.93 bits per heavy atom. The van der Waals surface area contributed by atoms with Gasteiger partial charge in [0.1, 0.15) is 6.04 Å². The van der Waals surface area contributed by atoms with Crippen LogP contribution < -0.4 is 10.6 Å². The van der Waals surface area contributed by atoms with Gasteiger partial charge in [-0.2, -0.15) is 0 Å². The van der Waals surface area contributed by atoms with Crippen LogP contribution in [0.15, 0.2) is 18.2 Å². The lowest BCUT2D eigenvalue weighted by Gasteiger charge is -2.45. The van der Waals surface area contributed by atoms with Crippen molar-refractivity contribution in [2.75, 3.05) is 26.2 Å². The van der Waals surface area contributed by atoms with E-state index in [1.807, 2.05) is 6.07 Å². The van der Waals surface area contributed by atoms with Crippen LogP contribution in [0.5, 0.6) is 0 Å². The second kappa shape index (κ2) is 7.78. The lowest BCUT2D eigenvalue weighted by molar-refractivity contribution is -0.136. The number of piperidine rings is 3. The van der Waals surface area contributed by atoms with E-state index in [2.05, 4.69) is 27.7 Å². The third-order valence-corrected chi connectivity index (χ3v) is 7.40. The van der Waals surface area contributed by atoms with Gasteiger partial charge in [-0.05, 0) is 74.3 Å². The Kier molecular flexibility index (Phi) is 5.11. The molecule has 3 amide bonds. The predicted molar refractivity (Wildman–Crippen MR) is 112 cm³/mol. The molecule has 3 saturated heterocycles. The summed E-state index contributed by atoms with van der Waals surface area (Å²) in [7, 11) is 0. The average Bonchev–Trinajstić information content (AvgIpc) is 3.04. The Hall–Kier alpha value is -2.25. The minimum atomic E-state index is -0.548. The second-order valence-corrected chi connectivity index (χ2v) is 9.46. The first-order valence-electron chi connectivity index (χ1n) is 11.2. The number of benzene rings is 1. The van der Waals surface area contributed by atoms with Crippen molar-refractivity contribution in [1.29, 1.82) is 0 Å². The van der Waals surface area contributed by atoms with Crippen LogP contribution in [0.3, 0.4) is 0 Å². The van der Waals surface area contributed by atoms with Gasteiger partial charge in [-0.1, -0.05) is 12.1 Å². The van der Waals surface area contributed by atoms with Gasteiger partial charge in [0, 0.05) is 31.6 Å². The number of imide groups is 1. The summed E-state index contributed by atoms with van der Waals surface area (Å²) in [6.45, 7) is 5.91. The fourth-order valence-corrected chi connectivity index (χ4v) is 5.79. The van der Waals surface area contributed by atoms with E-state index in [0.29, 0.717) is 23.9 Å². The van der Waals surface area contributed by atoms with Gasteiger partial charge < -0.3 is 10.2 Å². The Morgan fingerprint density at radius 1 is 1.10 bits per heavy atom. The van der Waals surface area contributed by atoms with Gasteiger partial charge in [0.2, 0.25) is 11.8 Å². The largest absolute Gasteiger partial charge is 0.322 e. The van der Waals surface area contributed by atoms with E-state index in [1.54, 1.807) is 4.90 Å². The lowest BCUT2D eigenvalue weighted by atomic mass is 9.73. The Labute approximate surface area is 177 Å². The van der Waals surface area contributed by atoms with Crippen molar-refractivity contribution in [3.63, 3.8) is 0 Å². The van der Waals surface area contributed by atoms with Crippen LogP contribution in [-0.2, 0) is 22.7 Å². The quantitative estimate of drug-likeness (QED) is 0.737. The van der Waals surface area contributed by atoms with Gasteiger partial charge in [0.05, 0.1) is 0 Å². The van der Waals surface area contributed by atoms with E-state index in [0.717, 1.165) is 38.3 Å². The van der Waals surface area contributed by atoms with Crippen molar-refractivity contribution in [3.8, 4) is 0 Å². The first kappa shape index (κ1) is 19.7. The van der Waals surface area contributed by atoms with Crippen LogP contribution in [0.2, 0.25) is 0 Å². The molecule has 5 rings (SSSR count). The third kappa shape index (κ3) is 3.65. The zero-order chi connectivity index (χ0) is 20.7. The van der Waals surface area contributed by atoms with E-state index < -0.39 is 6.04 Å². The normalized spacial score (nSPS) is 26.7. The van der Waals surface area contributed by atoms with Crippen molar-refractivity contribution >= 4 is 17.7 Å². The number of rotatable bonds is 3. The molecule has 1 aromatic carbocycles. The Bertz CT molecular complexity index is 872. The molecule has 7 heteroatoms. The number of fused-ring (bicyclic) bond motifs is 1. The lowest BCUT2D eigenvalue weighted by Crippen LogP contribution is -2.52. The summed E-state index contributed by atoms with van der Waals surface area (Å²) in [5, 5.41) is 5.85. The highest BCUT2D eigenvalue weighted by Gasteiger charge is 2.39. The van der Waals surface area contributed by atoms with Gasteiger partial charge in [-0.15, -0.1) is 0 Å². The van der Waals surface area contributed by atoms with Gasteiger partial charge in [0.25, 0.3) is 5.91 Å². The highest BCUT2D eigenvalue weighted by atomic mass is 16.2. The molecule has 4 aliphatic rings. The van der Waals surface area contributed by atoms with Crippen molar-refractivity contribution in [1.82, 2.24) is 20.4 Å². The van der Waals surface area contributed by atoms with E-state index in [-0.39, 0.29) is 24.1 Å². The predicted octanol–water partition coefficient (Wildman–Crippen LogP) is 1.41. The summed E-state index contributed by atoms with van der Waals surface area (Å²) in [6, 6.07) is 5.58.